The van der Waals surface area contributed by atoms with Crippen molar-refractivity contribution in [3.63, 3.8) is 0 Å². The first-order valence-corrected chi connectivity index (χ1v) is 8.08. The van der Waals surface area contributed by atoms with Gasteiger partial charge in [0.25, 0.3) is 0 Å². The van der Waals surface area contributed by atoms with Gasteiger partial charge in [-0.25, -0.2) is 0 Å². The Hall–Kier alpha value is -0.570. The largest absolute Gasteiger partial charge is 0.356 e. The van der Waals surface area contributed by atoms with E-state index in [1.54, 1.807) is 0 Å². The van der Waals surface area contributed by atoms with Crippen LogP contribution in [0, 0.1) is 11.8 Å². The average Bonchev–Trinajstić information content (AvgIpc) is 2.34. The normalized spacial score (nSPS) is 23.6. The molecule has 0 heterocycles. The first-order chi connectivity index (χ1) is 9.08. The summed E-state index contributed by atoms with van der Waals surface area (Å²) >= 11 is 0. The van der Waals surface area contributed by atoms with Gasteiger partial charge in [0.05, 0.1) is 0 Å². The molecule has 0 spiro atoms. The minimum Gasteiger partial charge on any atom is -0.356 e. The minimum absolute atomic E-state index is 0.217. The molecule has 0 aromatic carbocycles. The summed E-state index contributed by atoms with van der Waals surface area (Å²) in [4.78, 5) is 11.7. The molecule has 2 atom stereocenters. The van der Waals surface area contributed by atoms with E-state index in [1.165, 1.54) is 32.1 Å². The van der Waals surface area contributed by atoms with E-state index in [-0.39, 0.29) is 5.91 Å². The van der Waals surface area contributed by atoms with Crippen LogP contribution in [0.25, 0.3) is 0 Å². The Morgan fingerprint density at radius 1 is 1.26 bits per heavy atom. The lowest BCUT2D eigenvalue weighted by Gasteiger charge is -2.26. The quantitative estimate of drug-likeness (QED) is 0.664. The predicted octanol–water partition coefficient (Wildman–Crippen LogP) is 3.10. The topological polar surface area (TPSA) is 41.1 Å². The van der Waals surface area contributed by atoms with Gasteiger partial charge >= 0.3 is 0 Å². The molecule has 1 rings (SSSR count). The summed E-state index contributed by atoms with van der Waals surface area (Å²) in [5, 5.41) is 6.40. The molecule has 1 saturated carbocycles. The van der Waals surface area contributed by atoms with Crippen molar-refractivity contribution in [3.05, 3.63) is 0 Å². The molecule has 1 aliphatic rings. The number of hydrogen-bond donors (Lipinski definition) is 2. The van der Waals surface area contributed by atoms with Gasteiger partial charge in [0, 0.05) is 19.0 Å². The Morgan fingerprint density at radius 2 is 2.05 bits per heavy atom. The van der Waals surface area contributed by atoms with E-state index in [2.05, 4.69) is 31.4 Å². The maximum Gasteiger partial charge on any atom is 0.220 e. The molecule has 0 saturated heterocycles. The van der Waals surface area contributed by atoms with Gasteiger partial charge in [-0.05, 0) is 37.6 Å². The third kappa shape index (κ3) is 8.25. The Kier molecular flexibility index (Phi) is 8.11. The number of hydrogen-bond acceptors (Lipinski definition) is 2. The first-order valence-electron chi connectivity index (χ1n) is 8.08. The van der Waals surface area contributed by atoms with Crippen molar-refractivity contribution >= 4 is 5.91 Å². The zero-order valence-corrected chi connectivity index (χ0v) is 13.0. The smallest absolute Gasteiger partial charge is 0.220 e. The van der Waals surface area contributed by atoms with Crippen molar-refractivity contribution in [2.45, 2.75) is 71.8 Å². The Morgan fingerprint density at radius 3 is 2.74 bits per heavy atom. The molecule has 1 fully saturated rings. The van der Waals surface area contributed by atoms with Crippen molar-refractivity contribution in [2.75, 3.05) is 13.1 Å². The summed E-state index contributed by atoms with van der Waals surface area (Å²) in [5.74, 6) is 1.94. The molecule has 0 radical (unpaired) electrons. The maximum absolute atomic E-state index is 11.7. The maximum atomic E-state index is 11.7. The highest BCUT2D eigenvalue weighted by atomic mass is 16.1. The van der Waals surface area contributed by atoms with Crippen LogP contribution < -0.4 is 10.6 Å². The second kappa shape index (κ2) is 9.35. The molecule has 0 aromatic heterocycles. The first kappa shape index (κ1) is 16.5. The minimum atomic E-state index is 0.217. The van der Waals surface area contributed by atoms with Crippen LogP contribution in [0.15, 0.2) is 0 Å². The molecule has 1 amide bonds. The lowest BCUT2D eigenvalue weighted by molar-refractivity contribution is -0.121. The Balaban J connectivity index is 1.97. The molecular formula is C16H32N2O. The molecule has 19 heavy (non-hydrogen) atoms. The van der Waals surface area contributed by atoms with E-state index < -0.39 is 0 Å². The summed E-state index contributed by atoms with van der Waals surface area (Å²) in [5.41, 5.74) is 0. The second-order valence-electron chi connectivity index (χ2n) is 6.49. The van der Waals surface area contributed by atoms with Crippen LogP contribution in [0.3, 0.4) is 0 Å². The zero-order chi connectivity index (χ0) is 14.1. The fourth-order valence-corrected chi connectivity index (χ4v) is 2.97. The Labute approximate surface area is 118 Å². The van der Waals surface area contributed by atoms with E-state index in [0.717, 1.165) is 31.3 Å². The standard InChI is InChI=1S/C16H32N2O/c1-13(2)17-10-5-8-16(19)18-11-9-15-7-4-6-14(3)12-15/h13-15,17H,4-12H2,1-3H3,(H,18,19). The molecule has 112 valence electrons. The van der Waals surface area contributed by atoms with Crippen LogP contribution in [-0.4, -0.2) is 25.0 Å². The highest BCUT2D eigenvalue weighted by Crippen LogP contribution is 2.30. The van der Waals surface area contributed by atoms with Gasteiger partial charge in [-0.15, -0.1) is 0 Å². The van der Waals surface area contributed by atoms with Gasteiger partial charge in [0.15, 0.2) is 0 Å². The number of rotatable bonds is 8. The highest BCUT2D eigenvalue weighted by molar-refractivity contribution is 5.75. The van der Waals surface area contributed by atoms with Crippen molar-refractivity contribution < 1.29 is 4.79 Å². The third-order valence-corrected chi connectivity index (χ3v) is 4.05. The van der Waals surface area contributed by atoms with Crippen LogP contribution in [-0.2, 0) is 4.79 Å². The molecule has 2 N–H and O–H groups in total. The summed E-state index contributed by atoms with van der Waals surface area (Å²) in [7, 11) is 0. The lowest BCUT2D eigenvalue weighted by atomic mass is 9.81. The van der Waals surface area contributed by atoms with Gasteiger partial charge in [0.1, 0.15) is 0 Å². The van der Waals surface area contributed by atoms with E-state index in [4.69, 9.17) is 0 Å². The summed E-state index contributed by atoms with van der Waals surface area (Å²) < 4.78 is 0. The predicted molar refractivity (Wildman–Crippen MR) is 81.1 cm³/mol. The monoisotopic (exact) mass is 268 g/mol. The molecule has 3 heteroatoms. The average molecular weight is 268 g/mol. The van der Waals surface area contributed by atoms with Crippen molar-refractivity contribution in [2.24, 2.45) is 11.8 Å². The van der Waals surface area contributed by atoms with E-state index >= 15 is 0 Å². The molecule has 0 bridgehead atoms. The molecule has 3 nitrogen and oxygen atoms in total. The van der Waals surface area contributed by atoms with Crippen molar-refractivity contribution in [1.82, 2.24) is 10.6 Å². The second-order valence-corrected chi connectivity index (χ2v) is 6.49. The van der Waals surface area contributed by atoms with Gasteiger partial charge in [-0.3, -0.25) is 4.79 Å². The molecule has 0 aromatic rings. The van der Waals surface area contributed by atoms with Crippen LogP contribution in [0.5, 0.6) is 0 Å². The number of carbonyl (C=O) groups is 1. The van der Waals surface area contributed by atoms with Crippen LogP contribution in [0.4, 0.5) is 0 Å². The number of carbonyl (C=O) groups excluding carboxylic acids is 1. The van der Waals surface area contributed by atoms with Crippen molar-refractivity contribution in [1.29, 1.82) is 0 Å². The highest BCUT2D eigenvalue weighted by Gasteiger charge is 2.18. The van der Waals surface area contributed by atoms with Crippen molar-refractivity contribution in [3.8, 4) is 0 Å². The van der Waals surface area contributed by atoms with Crippen LogP contribution >= 0.6 is 0 Å². The molecule has 2 unspecified atom stereocenters. The van der Waals surface area contributed by atoms with Gasteiger partial charge in [-0.1, -0.05) is 40.0 Å². The van der Waals surface area contributed by atoms with Crippen LogP contribution in [0.2, 0.25) is 0 Å². The van der Waals surface area contributed by atoms with Gasteiger partial charge in [-0.2, -0.15) is 0 Å². The fraction of sp³-hybridized carbons (Fsp3) is 0.938. The summed E-state index contributed by atoms with van der Waals surface area (Å²) in [6.45, 7) is 8.42. The van der Waals surface area contributed by atoms with E-state index in [9.17, 15) is 4.79 Å². The van der Waals surface area contributed by atoms with E-state index in [0.29, 0.717) is 12.5 Å². The zero-order valence-electron chi connectivity index (χ0n) is 13.0. The third-order valence-electron chi connectivity index (χ3n) is 4.05. The number of nitrogens with one attached hydrogen (secondary N) is 2. The summed E-state index contributed by atoms with van der Waals surface area (Å²) in [6, 6.07) is 0.511. The molecular weight excluding hydrogens is 236 g/mol. The van der Waals surface area contributed by atoms with Gasteiger partial charge in [0.2, 0.25) is 5.91 Å². The fourth-order valence-electron chi connectivity index (χ4n) is 2.97. The molecule has 0 aliphatic heterocycles. The SMILES string of the molecule is CC1CCCC(CCNC(=O)CCCNC(C)C)C1. The Bertz CT molecular complexity index is 253. The number of amides is 1. The van der Waals surface area contributed by atoms with E-state index in [1.807, 2.05) is 0 Å². The molecule has 1 aliphatic carbocycles. The summed E-state index contributed by atoms with van der Waals surface area (Å²) in [6.07, 6.45) is 8.24. The van der Waals surface area contributed by atoms with Gasteiger partial charge < -0.3 is 10.6 Å². The van der Waals surface area contributed by atoms with Crippen LogP contribution in [0.1, 0.15) is 65.7 Å². The lowest BCUT2D eigenvalue weighted by Crippen LogP contribution is -2.29.